The number of hydrazine groups is 1. The Labute approximate surface area is 94.0 Å². The maximum Gasteiger partial charge on any atom is 0.141 e. The lowest BCUT2D eigenvalue weighted by atomic mass is 9.90. The normalized spacial score (nSPS) is 23.0. The van der Waals surface area contributed by atoms with Gasteiger partial charge in [-0.15, -0.1) is 0 Å². The number of hydrogen-bond acceptors (Lipinski definition) is 4. The van der Waals surface area contributed by atoms with Crippen LogP contribution >= 0.6 is 0 Å². The van der Waals surface area contributed by atoms with Crippen LogP contribution in [0.1, 0.15) is 24.4 Å². The number of hydrogen-bond donors (Lipinski definition) is 2. The highest BCUT2D eigenvalue weighted by Crippen LogP contribution is 2.27. The van der Waals surface area contributed by atoms with Crippen LogP contribution in [0.5, 0.6) is 0 Å². The van der Waals surface area contributed by atoms with E-state index in [1.165, 1.54) is 12.3 Å². The molecule has 4 nitrogen and oxygen atoms in total. The van der Waals surface area contributed by atoms with Crippen molar-refractivity contribution in [3.05, 3.63) is 29.8 Å². The molecule has 88 valence electrons. The molecule has 2 heterocycles. The Kier molecular flexibility index (Phi) is 3.82. The Bertz CT molecular complexity index is 342. The fourth-order valence-corrected chi connectivity index (χ4v) is 2.13. The van der Waals surface area contributed by atoms with Crippen LogP contribution in [0.3, 0.4) is 0 Å². The summed E-state index contributed by atoms with van der Waals surface area (Å²) < 4.78 is 18.5. The number of nitrogens with one attached hydrogen (secondary N) is 1. The second kappa shape index (κ2) is 5.34. The average molecular weight is 225 g/mol. The Morgan fingerprint density at radius 2 is 2.44 bits per heavy atom. The predicted octanol–water partition coefficient (Wildman–Crippen LogP) is 1.15. The first kappa shape index (κ1) is 11.4. The van der Waals surface area contributed by atoms with E-state index in [0.29, 0.717) is 6.61 Å². The van der Waals surface area contributed by atoms with E-state index in [1.807, 2.05) is 0 Å². The summed E-state index contributed by atoms with van der Waals surface area (Å²) in [7, 11) is 0. The molecular weight excluding hydrogens is 209 g/mol. The van der Waals surface area contributed by atoms with Gasteiger partial charge in [-0.1, -0.05) is 0 Å². The highest BCUT2D eigenvalue weighted by Gasteiger charge is 2.25. The van der Waals surface area contributed by atoms with Gasteiger partial charge in [-0.2, -0.15) is 0 Å². The molecular formula is C11H16FN3O. The molecule has 0 radical (unpaired) electrons. The summed E-state index contributed by atoms with van der Waals surface area (Å²) in [4.78, 5) is 3.84. The molecule has 0 bridgehead atoms. The zero-order valence-electron chi connectivity index (χ0n) is 9.03. The van der Waals surface area contributed by atoms with Gasteiger partial charge in [-0.25, -0.2) is 4.39 Å². The van der Waals surface area contributed by atoms with E-state index < -0.39 is 0 Å². The first-order chi connectivity index (χ1) is 7.81. The number of nitrogens with two attached hydrogens (primary N) is 1. The Hall–Kier alpha value is -1.04. The van der Waals surface area contributed by atoms with Gasteiger partial charge < -0.3 is 4.74 Å². The van der Waals surface area contributed by atoms with Crippen LogP contribution in [-0.4, -0.2) is 18.2 Å². The van der Waals surface area contributed by atoms with Crippen LogP contribution in [0.15, 0.2) is 18.5 Å². The fourth-order valence-electron chi connectivity index (χ4n) is 2.13. The summed E-state index contributed by atoms with van der Waals surface area (Å²) in [5.74, 6) is 5.47. The van der Waals surface area contributed by atoms with Crippen molar-refractivity contribution >= 4 is 0 Å². The minimum Gasteiger partial charge on any atom is -0.381 e. The van der Waals surface area contributed by atoms with Gasteiger partial charge in [0.25, 0.3) is 0 Å². The first-order valence-corrected chi connectivity index (χ1v) is 5.45. The Balaban J connectivity index is 2.14. The molecule has 0 spiro atoms. The van der Waals surface area contributed by atoms with Crippen LogP contribution in [-0.2, 0) is 4.74 Å². The number of pyridine rings is 1. The minimum absolute atomic E-state index is 0.0940. The summed E-state index contributed by atoms with van der Waals surface area (Å²) in [6.45, 7) is 1.46. The SMILES string of the molecule is NNC(c1cncc(F)c1)C1CCCOC1. The quantitative estimate of drug-likeness (QED) is 0.598. The van der Waals surface area contributed by atoms with Crippen LogP contribution < -0.4 is 11.3 Å². The molecule has 2 atom stereocenters. The molecule has 0 amide bonds. The van der Waals surface area contributed by atoms with Crippen molar-refractivity contribution in [3.63, 3.8) is 0 Å². The van der Waals surface area contributed by atoms with Crippen LogP contribution in [0.4, 0.5) is 4.39 Å². The molecule has 0 aliphatic carbocycles. The van der Waals surface area contributed by atoms with Crippen LogP contribution in [0.25, 0.3) is 0 Å². The maximum absolute atomic E-state index is 13.1. The number of aromatic nitrogens is 1. The van der Waals surface area contributed by atoms with Gasteiger partial charge in [0.2, 0.25) is 0 Å². The first-order valence-electron chi connectivity index (χ1n) is 5.45. The van der Waals surface area contributed by atoms with Gasteiger partial charge in [-0.05, 0) is 24.5 Å². The summed E-state index contributed by atoms with van der Waals surface area (Å²) in [5.41, 5.74) is 3.50. The lowest BCUT2D eigenvalue weighted by molar-refractivity contribution is 0.0389. The summed E-state index contributed by atoms with van der Waals surface area (Å²) in [5, 5.41) is 0. The third-order valence-corrected chi connectivity index (χ3v) is 2.93. The molecule has 1 saturated heterocycles. The van der Waals surface area contributed by atoms with Crippen LogP contribution in [0.2, 0.25) is 0 Å². The van der Waals surface area contributed by atoms with E-state index >= 15 is 0 Å². The number of ether oxygens (including phenoxy) is 1. The molecule has 0 saturated carbocycles. The molecule has 5 heteroatoms. The second-order valence-corrected chi connectivity index (χ2v) is 4.06. The third-order valence-electron chi connectivity index (χ3n) is 2.93. The van der Waals surface area contributed by atoms with Gasteiger partial charge in [0, 0.05) is 18.7 Å². The van der Waals surface area contributed by atoms with Gasteiger partial charge in [0.05, 0.1) is 18.8 Å². The Morgan fingerprint density at radius 1 is 1.56 bits per heavy atom. The molecule has 2 unspecified atom stereocenters. The average Bonchev–Trinajstić information content (AvgIpc) is 2.31. The molecule has 16 heavy (non-hydrogen) atoms. The molecule has 2 rings (SSSR count). The minimum atomic E-state index is -0.338. The smallest absolute Gasteiger partial charge is 0.141 e. The number of rotatable bonds is 3. The highest BCUT2D eigenvalue weighted by atomic mass is 19.1. The van der Waals surface area contributed by atoms with Crippen molar-refractivity contribution in [2.45, 2.75) is 18.9 Å². The summed E-state index contributed by atoms with van der Waals surface area (Å²) in [6, 6.07) is 1.37. The van der Waals surface area contributed by atoms with Crippen molar-refractivity contribution in [2.24, 2.45) is 11.8 Å². The largest absolute Gasteiger partial charge is 0.381 e. The van der Waals surface area contributed by atoms with Crippen molar-refractivity contribution in [1.82, 2.24) is 10.4 Å². The summed E-state index contributed by atoms with van der Waals surface area (Å²) >= 11 is 0. The fraction of sp³-hybridized carbons (Fsp3) is 0.545. The van der Waals surface area contributed by atoms with E-state index in [4.69, 9.17) is 10.6 Å². The molecule has 1 aliphatic rings. The van der Waals surface area contributed by atoms with Crippen molar-refractivity contribution < 1.29 is 9.13 Å². The van der Waals surface area contributed by atoms with Gasteiger partial charge in [0.1, 0.15) is 5.82 Å². The molecule has 3 N–H and O–H groups in total. The predicted molar refractivity (Wildman–Crippen MR) is 57.8 cm³/mol. The maximum atomic E-state index is 13.1. The molecule has 1 fully saturated rings. The number of nitrogens with zero attached hydrogens (tertiary/aromatic N) is 1. The van der Waals surface area contributed by atoms with Gasteiger partial charge in [0.15, 0.2) is 0 Å². The monoisotopic (exact) mass is 225 g/mol. The lowest BCUT2D eigenvalue weighted by Gasteiger charge is -2.29. The standard InChI is InChI=1S/C11H16FN3O/c12-10-4-9(5-14-6-10)11(15-13)8-2-1-3-16-7-8/h4-6,8,11,15H,1-3,7,13H2. The van der Waals surface area contributed by atoms with E-state index in [1.54, 1.807) is 6.20 Å². The molecule has 1 aliphatic heterocycles. The lowest BCUT2D eigenvalue weighted by Crippen LogP contribution is -2.37. The molecule has 1 aromatic heterocycles. The topological polar surface area (TPSA) is 60.2 Å². The van der Waals surface area contributed by atoms with E-state index in [9.17, 15) is 4.39 Å². The molecule has 1 aromatic rings. The van der Waals surface area contributed by atoms with Gasteiger partial charge >= 0.3 is 0 Å². The van der Waals surface area contributed by atoms with E-state index in [2.05, 4.69) is 10.4 Å². The molecule has 0 aromatic carbocycles. The van der Waals surface area contributed by atoms with Crippen molar-refractivity contribution in [1.29, 1.82) is 0 Å². The highest BCUT2D eigenvalue weighted by molar-refractivity contribution is 5.16. The zero-order chi connectivity index (χ0) is 11.4. The van der Waals surface area contributed by atoms with Gasteiger partial charge in [-0.3, -0.25) is 16.3 Å². The van der Waals surface area contributed by atoms with E-state index in [-0.39, 0.29) is 17.8 Å². The Morgan fingerprint density at radius 3 is 3.06 bits per heavy atom. The van der Waals surface area contributed by atoms with E-state index in [0.717, 1.165) is 25.0 Å². The zero-order valence-corrected chi connectivity index (χ0v) is 9.03. The number of halogens is 1. The summed E-state index contributed by atoms with van der Waals surface area (Å²) in [6.07, 6.45) is 4.88. The van der Waals surface area contributed by atoms with Crippen LogP contribution in [0, 0.1) is 11.7 Å². The van der Waals surface area contributed by atoms with Crippen molar-refractivity contribution in [2.75, 3.05) is 13.2 Å². The second-order valence-electron chi connectivity index (χ2n) is 4.06. The third kappa shape index (κ3) is 2.55. The van der Waals surface area contributed by atoms with Crippen molar-refractivity contribution in [3.8, 4) is 0 Å².